The highest BCUT2D eigenvalue weighted by atomic mass is 16.7. The van der Waals surface area contributed by atoms with Gasteiger partial charge in [0.2, 0.25) is 0 Å². The van der Waals surface area contributed by atoms with Crippen molar-refractivity contribution in [2.24, 2.45) is 0 Å². The number of hydrogen-bond acceptors (Lipinski definition) is 16. The maximum atomic E-state index is 12.5. The largest absolute Gasteiger partial charge is 0.481 e. The predicted octanol–water partition coefficient (Wildman–Crippen LogP) is -2.36. The van der Waals surface area contributed by atoms with E-state index in [0.717, 1.165) is 6.92 Å². The molecule has 2 saturated heterocycles. The Morgan fingerprint density at radius 2 is 1.52 bits per heavy atom. The maximum absolute atomic E-state index is 12.5. The summed E-state index contributed by atoms with van der Waals surface area (Å²) < 4.78 is 32.7. The van der Waals surface area contributed by atoms with Crippen molar-refractivity contribution in [2.75, 3.05) is 20.3 Å². The molecule has 46 heavy (non-hydrogen) atoms. The fraction of sp³-hybridized carbons (Fsp3) is 0.759. The lowest BCUT2D eigenvalue weighted by Gasteiger charge is -2.47. The molecule has 0 saturated carbocycles. The van der Waals surface area contributed by atoms with Gasteiger partial charge in [-0.15, -0.1) is 6.58 Å². The number of carbonyl (C=O) groups excluding carboxylic acids is 2. The molecule has 0 spiro atoms. The molecule has 12 atom stereocenters. The fourth-order valence-corrected chi connectivity index (χ4v) is 4.86. The highest BCUT2D eigenvalue weighted by molar-refractivity contribution is 5.87. The van der Waals surface area contributed by atoms with Gasteiger partial charge < -0.3 is 69.3 Å². The maximum Gasteiger partial charge on any atom is 0.333 e. The molecule has 0 unspecified atom stereocenters. The smallest absolute Gasteiger partial charge is 0.333 e. The van der Waals surface area contributed by atoms with Crippen LogP contribution in [0.5, 0.6) is 0 Å². The van der Waals surface area contributed by atoms with Gasteiger partial charge in [0.25, 0.3) is 0 Å². The van der Waals surface area contributed by atoms with E-state index in [9.17, 15) is 50.1 Å². The Morgan fingerprint density at radius 3 is 2.09 bits per heavy atom. The molecule has 0 aromatic rings. The van der Waals surface area contributed by atoms with Gasteiger partial charge in [0.1, 0.15) is 55.4 Å². The zero-order valence-corrected chi connectivity index (χ0v) is 26.1. The Bertz CT molecular complexity index is 1080. The van der Waals surface area contributed by atoms with Crippen LogP contribution in [-0.4, -0.2) is 152 Å². The summed E-state index contributed by atoms with van der Waals surface area (Å²) in [6.07, 6.45) is -15.0. The van der Waals surface area contributed by atoms with Gasteiger partial charge in [0, 0.05) is 5.57 Å². The van der Waals surface area contributed by atoms with E-state index in [1.54, 1.807) is 19.9 Å². The van der Waals surface area contributed by atoms with Gasteiger partial charge in [0.15, 0.2) is 12.6 Å². The summed E-state index contributed by atoms with van der Waals surface area (Å²) in [7, 11) is 1.24. The number of hydrogen-bond donors (Lipinski definition) is 8. The minimum Gasteiger partial charge on any atom is -0.481 e. The van der Waals surface area contributed by atoms with Gasteiger partial charge in [0.05, 0.1) is 37.8 Å². The highest BCUT2D eigenvalue weighted by Crippen LogP contribution is 2.33. The van der Waals surface area contributed by atoms with Crippen LogP contribution in [0.4, 0.5) is 0 Å². The van der Waals surface area contributed by atoms with Crippen LogP contribution in [0.15, 0.2) is 24.3 Å². The minimum atomic E-state index is -1.96. The molecule has 17 nitrogen and oxygen atoms in total. The van der Waals surface area contributed by atoms with Crippen molar-refractivity contribution in [3.63, 3.8) is 0 Å². The van der Waals surface area contributed by atoms with Crippen molar-refractivity contribution in [3.05, 3.63) is 24.3 Å². The molecule has 2 heterocycles. The second kappa shape index (κ2) is 17.0. The van der Waals surface area contributed by atoms with E-state index in [-0.39, 0.29) is 6.42 Å². The molecular formula is C29H46O17. The molecule has 8 N–H and O–H groups in total. The third kappa shape index (κ3) is 10.7. The van der Waals surface area contributed by atoms with Crippen LogP contribution in [0.2, 0.25) is 0 Å². The van der Waals surface area contributed by atoms with Crippen molar-refractivity contribution in [1.82, 2.24) is 0 Å². The van der Waals surface area contributed by atoms with E-state index in [2.05, 4.69) is 11.3 Å². The SMILES string of the molecule is C=C[C@@](C)(CC/C=C(\C)C(=O)OC)O[C@H]1O[C@@H](COC(=O)C[C@](C)(O)CC(=O)O)[C@H](O[C@@H]2O[C@H](CO)[C@H](O)[C@H](O)[C@@H]2O)[C@@H](O)[C@@H]1O. The third-order valence-corrected chi connectivity index (χ3v) is 7.66. The fourth-order valence-electron chi connectivity index (χ4n) is 4.86. The van der Waals surface area contributed by atoms with Crippen molar-refractivity contribution in [1.29, 1.82) is 0 Å². The lowest BCUT2D eigenvalue weighted by atomic mass is 9.95. The highest BCUT2D eigenvalue weighted by Gasteiger charge is 2.52. The number of aliphatic hydroxyl groups excluding tert-OH is 6. The summed E-state index contributed by atoms with van der Waals surface area (Å²) >= 11 is 0. The Kier molecular flexibility index (Phi) is 14.7. The summed E-state index contributed by atoms with van der Waals surface area (Å²) in [5.74, 6) is -2.94. The Labute approximate surface area is 265 Å². The summed E-state index contributed by atoms with van der Waals surface area (Å²) in [6.45, 7) is 6.54. The van der Waals surface area contributed by atoms with E-state index in [1.807, 2.05) is 0 Å². The van der Waals surface area contributed by atoms with Gasteiger partial charge in [-0.05, 0) is 33.6 Å². The molecular weight excluding hydrogens is 620 g/mol. The normalized spacial score (nSPS) is 34.5. The summed E-state index contributed by atoms with van der Waals surface area (Å²) in [5, 5.41) is 81.5. The van der Waals surface area contributed by atoms with Crippen molar-refractivity contribution < 1.29 is 83.7 Å². The van der Waals surface area contributed by atoms with Gasteiger partial charge >= 0.3 is 17.9 Å². The number of esters is 2. The molecule has 2 fully saturated rings. The van der Waals surface area contributed by atoms with Gasteiger partial charge in [-0.2, -0.15) is 0 Å². The molecule has 0 radical (unpaired) electrons. The minimum absolute atomic E-state index is 0.219. The van der Waals surface area contributed by atoms with E-state index >= 15 is 0 Å². The standard InChI is InChI=1S/C29H46O17/c1-6-29(4,9-7-8-14(2)25(39)41-5)46-27-23(38)21(36)24(45-26-22(37)20(35)19(34)15(12-30)43-26)16(44-27)13-42-18(33)11-28(3,40)10-17(31)32/h6,8,15-16,19-24,26-27,30,34-38,40H,1,7,9-13H2,2-5H3,(H,31,32)/b14-8+/t15-,16+,19+,20+,21+,22+,23+,24+,26+,27-,28-,29+/m1/s1. The van der Waals surface area contributed by atoms with Crippen molar-refractivity contribution in [3.8, 4) is 0 Å². The van der Waals surface area contributed by atoms with Gasteiger partial charge in [-0.1, -0.05) is 12.2 Å². The summed E-state index contributed by atoms with van der Waals surface area (Å²) in [6, 6.07) is 0. The number of aliphatic carboxylic acids is 1. The molecule has 2 rings (SSSR count). The van der Waals surface area contributed by atoms with Crippen LogP contribution in [-0.2, 0) is 42.8 Å². The van der Waals surface area contributed by atoms with E-state index in [4.69, 9.17) is 28.8 Å². The Morgan fingerprint density at radius 1 is 0.913 bits per heavy atom. The number of aliphatic hydroxyl groups is 7. The first kappa shape index (κ1) is 39.6. The van der Waals surface area contributed by atoms with Crippen LogP contribution in [0.25, 0.3) is 0 Å². The van der Waals surface area contributed by atoms with Gasteiger partial charge in [-0.3, -0.25) is 9.59 Å². The number of carboxylic acids is 1. The Balaban J connectivity index is 2.29. The summed E-state index contributed by atoms with van der Waals surface area (Å²) in [4.78, 5) is 35.2. The van der Waals surface area contributed by atoms with Crippen molar-refractivity contribution in [2.45, 2.75) is 119 Å². The molecule has 264 valence electrons. The van der Waals surface area contributed by atoms with Crippen molar-refractivity contribution >= 4 is 17.9 Å². The second-order valence-corrected chi connectivity index (χ2v) is 11.8. The molecule has 0 amide bonds. The molecule has 0 bridgehead atoms. The number of allylic oxidation sites excluding steroid dienone is 1. The number of carboxylic acid groups (broad SMARTS) is 1. The second-order valence-electron chi connectivity index (χ2n) is 11.8. The number of methoxy groups -OCH3 is 1. The average Bonchev–Trinajstić information content (AvgIpc) is 2.98. The van der Waals surface area contributed by atoms with Crippen LogP contribution in [0.1, 0.15) is 46.5 Å². The zero-order chi connectivity index (χ0) is 35.0. The van der Waals surface area contributed by atoms with Crippen LogP contribution >= 0.6 is 0 Å². The summed E-state index contributed by atoms with van der Waals surface area (Å²) in [5.41, 5.74) is -2.83. The quantitative estimate of drug-likeness (QED) is 0.0486. The van der Waals surface area contributed by atoms with Crippen LogP contribution in [0, 0.1) is 0 Å². The topological polar surface area (TPSA) is 268 Å². The average molecular weight is 667 g/mol. The molecule has 0 aliphatic carbocycles. The first-order valence-corrected chi connectivity index (χ1v) is 14.5. The van der Waals surface area contributed by atoms with E-state index in [1.165, 1.54) is 13.2 Å². The molecule has 2 aliphatic heterocycles. The molecule has 0 aromatic carbocycles. The lowest BCUT2D eigenvalue weighted by molar-refractivity contribution is -0.366. The molecule has 17 heteroatoms. The third-order valence-electron chi connectivity index (χ3n) is 7.66. The van der Waals surface area contributed by atoms with E-state index < -0.39 is 117 Å². The molecule has 2 aliphatic rings. The van der Waals surface area contributed by atoms with Crippen LogP contribution < -0.4 is 0 Å². The predicted molar refractivity (Wildman–Crippen MR) is 152 cm³/mol. The van der Waals surface area contributed by atoms with E-state index in [0.29, 0.717) is 12.0 Å². The zero-order valence-electron chi connectivity index (χ0n) is 26.1. The monoisotopic (exact) mass is 666 g/mol. The first-order chi connectivity index (χ1) is 21.4. The number of ether oxygens (including phenoxy) is 6. The van der Waals surface area contributed by atoms with Crippen LogP contribution in [0.3, 0.4) is 0 Å². The lowest BCUT2D eigenvalue weighted by Crippen LogP contribution is -2.65. The number of carbonyl (C=O) groups is 3. The Hall–Kier alpha value is -2.55. The first-order valence-electron chi connectivity index (χ1n) is 14.5. The van der Waals surface area contributed by atoms with Gasteiger partial charge in [-0.25, -0.2) is 4.79 Å². The number of rotatable bonds is 16. The molecule has 0 aromatic heterocycles.